The van der Waals surface area contributed by atoms with E-state index in [-0.39, 0.29) is 5.54 Å². The minimum atomic E-state index is 0.112. The molecule has 0 amide bonds. The van der Waals surface area contributed by atoms with Crippen molar-refractivity contribution in [3.05, 3.63) is 17.5 Å². The van der Waals surface area contributed by atoms with Crippen LogP contribution in [-0.4, -0.2) is 15.3 Å². The molecule has 1 aromatic heterocycles. The first-order valence-corrected chi connectivity index (χ1v) is 5.37. The fraction of sp³-hybridized carbons (Fsp3) is 0.727. The summed E-state index contributed by atoms with van der Waals surface area (Å²) in [6.07, 6.45) is 6.93. The fourth-order valence-electron chi connectivity index (χ4n) is 2.74. The normalized spacial score (nSPS) is 26.2. The predicted octanol–water partition coefficient (Wildman–Crippen LogP) is 1.25. The van der Waals surface area contributed by atoms with Crippen molar-refractivity contribution in [2.75, 3.05) is 0 Å². The molecule has 0 aliphatic heterocycles. The Hall–Kier alpha value is -0.830. The second-order valence-corrected chi connectivity index (χ2v) is 5.01. The van der Waals surface area contributed by atoms with E-state index in [9.17, 15) is 0 Å². The van der Waals surface area contributed by atoms with Crippen LogP contribution in [0.3, 0.4) is 0 Å². The number of nitrogens with two attached hydrogens (primary N) is 1. The van der Waals surface area contributed by atoms with E-state index in [1.807, 2.05) is 17.9 Å². The van der Waals surface area contributed by atoms with Crippen LogP contribution in [0.1, 0.15) is 36.9 Å². The van der Waals surface area contributed by atoms with E-state index in [1.165, 1.54) is 36.9 Å². The molecule has 76 valence electrons. The molecular formula is C11H17N3. The van der Waals surface area contributed by atoms with Crippen LogP contribution in [0.2, 0.25) is 0 Å². The summed E-state index contributed by atoms with van der Waals surface area (Å²) in [6, 6.07) is 0. The molecule has 0 aromatic carbocycles. The van der Waals surface area contributed by atoms with Crippen molar-refractivity contribution in [2.24, 2.45) is 12.8 Å². The van der Waals surface area contributed by atoms with Gasteiger partial charge in [-0.25, -0.2) is 0 Å². The second-order valence-electron chi connectivity index (χ2n) is 5.01. The van der Waals surface area contributed by atoms with Gasteiger partial charge in [0, 0.05) is 29.3 Å². The van der Waals surface area contributed by atoms with Gasteiger partial charge in [-0.3, -0.25) is 4.68 Å². The van der Waals surface area contributed by atoms with E-state index < -0.39 is 0 Å². The molecule has 2 fully saturated rings. The molecule has 3 heteroatoms. The summed E-state index contributed by atoms with van der Waals surface area (Å²) in [7, 11) is 2.00. The van der Waals surface area contributed by atoms with Crippen molar-refractivity contribution < 1.29 is 0 Å². The minimum Gasteiger partial charge on any atom is -0.324 e. The topological polar surface area (TPSA) is 43.8 Å². The molecule has 1 heterocycles. The summed E-state index contributed by atoms with van der Waals surface area (Å²) in [5.41, 5.74) is 9.46. The van der Waals surface area contributed by atoms with Crippen LogP contribution < -0.4 is 5.73 Å². The molecule has 2 aliphatic carbocycles. The SMILES string of the molecule is Cc1c(C2(C3(N)CC3)CC2)cnn1C. The van der Waals surface area contributed by atoms with Crippen molar-refractivity contribution in [1.82, 2.24) is 9.78 Å². The monoisotopic (exact) mass is 191 g/mol. The molecule has 0 radical (unpaired) electrons. The quantitative estimate of drug-likeness (QED) is 0.764. The number of rotatable bonds is 2. The summed E-state index contributed by atoms with van der Waals surface area (Å²) >= 11 is 0. The van der Waals surface area contributed by atoms with Crippen LogP contribution in [-0.2, 0) is 12.5 Å². The van der Waals surface area contributed by atoms with Crippen LogP contribution in [0.5, 0.6) is 0 Å². The van der Waals surface area contributed by atoms with Gasteiger partial charge in [0.05, 0.1) is 6.20 Å². The van der Waals surface area contributed by atoms with E-state index in [1.54, 1.807) is 0 Å². The minimum absolute atomic E-state index is 0.112. The van der Waals surface area contributed by atoms with Crippen molar-refractivity contribution in [2.45, 2.75) is 43.6 Å². The maximum Gasteiger partial charge on any atom is 0.0530 e. The van der Waals surface area contributed by atoms with E-state index >= 15 is 0 Å². The van der Waals surface area contributed by atoms with Gasteiger partial charge in [-0.1, -0.05) is 0 Å². The van der Waals surface area contributed by atoms with Gasteiger partial charge in [-0.2, -0.15) is 5.10 Å². The first kappa shape index (κ1) is 8.48. The van der Waals surface area contributed by atoms with Crippen LogP contribution in [0.15, 0.2) is 6.20 Å². The Balaban J connectivity index is 2.07. The number of aromatic nitrogens is 2. The third-order valence-corrected chi connectivity index (χ3v) is 4.24. The van der Waals surface area contributed by atoms with Gasteiger partial charge in [-0.05, 0) is 32.6 Å². The lowest BCUT2D eigenvalue weighted by Crippen LogP contribution is -2.37. The van der Waals surface area contributed by atoms with Gasteiger partial charge < -0.3 is 5.73 Å². The molecule has 2 aliphatic rings. The Kier molecular flexibility index (Phi) is 1.34. The van der Waals surface area contributed by atoms with Gasteiger partial charge in [-0.15, -0.1) is 0 Å². The van der Waals surface area contributed by atoms with Gasteiger partial charge >= 0.3 is 0 Å². The van der Waals surface area contributed by atoms with Crippen molar-refractivity contribution >= 4 is 0 Å². The maximum atomic E-state index is 6.36. The third kappa shape index (κ3) is 0.836. The Bertz CT molecular complexity index is 383. The maximum absolute atomic E-state index is 6.36. The molecule has 14 heavy (non-hydrogen) atoms. The van der Waals surface area contributed by atoms with Crippen molar-refractivity contribution in [3.8, 4) is 0 Å². The van der Waals surface area contributed by atoms with Crippen molar-refractivity contribution in [3.63, 3.8) is 0 Å². The van der Waals surface area contributed by atoms with Crippen molar-refractivity contribution in [1.29, 1.82) is 0 Å². The van der Waals surface area contributed by atoms with Crippen LogP contribution >= 0.6 is 0 Å². The van der Waals surface area contributed by atoms with E-state index in [0.717, 1.165) is 0 Å². The highest BCUT2D eigenvalue weighted by Crippen LogP contribution is 2.63. The first-order valence-electron chi connectivity index (χ1n) is 5.37. The molecule has 0 spiro atoms. The molecule has 3 nitrogen and oxygen atoms in total. The van der Waals surface area contributed by atoms with Gasteiger partial charge in [0.2, 0.25) is 0 Å². The lowest BCUT2D eigenvalue weighted by atomic mass is 9.87. The molecule has 1 aromatic rings. The summed E-state index contributed by atoms with van der Waals surface area (Å²) < 4.78 is 1.96. The van der Waals surface area contributed by atoms with E-state index in [2.05, 4.69) is 12.0 Å². The summed E-state index contributed by atoms with van der Waals surface area (Å²) in [4.78, 5) is 0. The summed E-state index contributed by atoms with van der Waals surface area (Å²) in [5.74, 6) is 0. The zero-order valence-electron chi connectivity index (χ0n) is 8.88. The Morgan fingerprint density at radius 3 is 2.36 bits per heavy atom. The summed E-state index contributed by atoms with van der Waals surface area (Å²) in [6.45, 7) is 2.15. The second kappa shape index (κ2) is 2.22. The smallest absolute Gasteiger partial charge is 0.0530 e. The fourth-order valence-corrected chi connectivity index (χ4v) is 2.74. The van der Waals surface area contributed by atoms with Crippen LogP contribution in [0.25, 0.3) is 0 Å². The zero-order valence-corrected chi connectivity index (χ0v) is 8.88. The Morgan fingerprint density at radius 2 is 2.00 bits per heavy atom. The number of hydrogen-bond donors (Lipinski definition) is 1. The molecule has 0 unspecified atom stereocenters. The molecule has 3 rings (SSSR count). The first-order chi connectivity index (χ1) is 6.59. The van der Waals surface area contributed by atoms with Crippen LogP contribution in [0, 0.1) is 6.92 Å². The van der Waals surface area contributed by atoms with E-state index in [0.29, 0.717) is 5.41 Å². The average Bonchev–Trinajstić information content (AvgIpc) is 3.02. The molecular weight excluding hydrogens is 174 g/mol. The van der Waals surface area contributed by atoms with E-state index in [4.69, 9.17) is 5.73 Å². The number of hydrogen-bond acceptors (Lipinski definition) is 2. The molecule has 2 N–H and O–H groups in total. The summed E-state index contributed by atoms with van der Waals surface area (Å²) in [5, 5.41) is 4.32. The highest BCUT2D eigenvalue weighted by molar-refractivity contribution is 5.41. The van der Waals surface area contributed by atoms with Crippen LogP contribution in [0.4, 0.5) is 0 Å². The Morgan fingerprint density at radius 1 is 1.36 bits per heavy atom. The number of nitrogens with zero attached hydrogens (tertiary/aromatic N) is 2. The molecule has 0 atom stereocenters. The lowest BCUT2D eigenvalue weighted by molar-refractivity contribution is 0.500. The highest BCUT2D eigenvalue weighted by Gasteiger charge is 2.64. The Labute approximate surface area is 84.3 Å². The molecule has 0 bridgehead atoms. The van der Waals surface area contributed by atoms with Gasteiger partial charge in [0.15, 0.2) is 0 Å². The van der Waals surface area contributed by atoms with Gasteiger partial charge in [0.25, 0.3) is 0 Å². The molecule has 0 saturated heterocycles. The zero-order chi connectivity index (χ0) is 9.97. The predicted molar refractivity (Wildman–Crippen MR) is 55.0 cm³/mol. The lowest BCUT2D eigenvalue weighted by Gasteiger charge is -2.22. The average molecular weight is 191 g/mol. The van der Waals surface area contributed by atoms with Gasteiger partial charge in [0.1, 0.15) is 0 Å². The largest absolute Gasteiger partial charge is 0.324 e. The highest BCUT2D eigenvalue weighted by atomic mass is 15.3. The molecule has 2 saturated carbocycles. The number of aryl methyl sites for hydroxylation is 1. The third-order valence-electron chi connectivity index (χ3n) is 4.24. The standard InChI is InChI=1S/C11H17N3/c1-8-9(7-13-14(8)2)10(3-4-10)11(12)5-6-11/h7H,3-6,12H2,1-2H3.